The van der Waals surface area contributed by atoms with Gasteiger partial charge in [0, 0.05) is 25.9 Å². The summed E-state index contributed by atoms with van der Waals surface area (Å²) >= 11 is 0. The summed E-state index contributed by atoms with van der Waals surface area (Å²) < 4.78 is 0. The lowest BCUT2D eigenvalue weighted by Gasteiger charge is -2.29. The molecule has 1 aromatic carbocycles. The van der Waals surface area contributed by atoms with E-state index in [9.17, 15) is 9.59 Å². The van der Waals surface area contributed by atoms with E-state index in [-0.39, 0.29) is 17.9 Å². The first-order valence-electron chi connectivity index (χ1n) is 9.96. The van der Waals surface area contributed by atoms with E-state index >= 15 is 0 Å². The highest BCUT2D eigenvalue weighted by atomic mass is 16.2. The van der Waals surface area contributed by atoms with E-state index in [1.807, 2.05) is 35.2 Å². The minimum absolute atomic E-state index is 0.0866. The van der Waals surface area contributed by atoms with Crippen molar-refractivity contribution in [3.8, 4) is 0 Å². The van der Waals surface area contributed by atoms with Crippen molar-refractivity contribution in [3.63, 3.8) is 0 Å². The van der Waals surface area contributed by atoms with Crippen LogP contribution in [0.5, 0.6) is 0 Å². The van der Waals surface area contributed by atoms with Crippen LogP contribution >= 0.6 is 0 Å². The van der Waals surface area contributed by atoms with Gasteiger partial charge in [-0.3, -0.25) is 9.59 Å². The van der Waals surface area contributed by atoms with E-state index in [1.165, 1.54) is 12.8 Å². The third kappa shape index (κ3) is 5.07. The number of benzene rings is 1. The quantitative estimate of drug-likeness (QED) is 0.788. The second-order valence-electron chi connectivity index (χ2n) is 7.76. The molecule has 1 aromatic rings. The number of nitrogens with one attached hydrogen (secondary N) is 2. The first kappa shape index (κ1) is 18.9. The molecule has 0 spiro atoms. The van der Waals surface area contributed by atoms with Crippen molar-refractivity contribution in [2.75, 3.05) is 26.2 Å². The molecule has 0 aromatic heterocycles. The highest BCUT2D eigenvalue weighted by molar-refractivity contribution is 5.79. The molecule has 2 saturated heterocycles. The van der Waals surface area contributed by atoms with E-state index in [0.717, 1.165) is 31.6 Å². The van der Waals surface area contributed by atoms with Crippen LogP contribution < -0.4 is 10.6 Å². The lowest BCUT2D eigenvalue weighted by molar-refractivity contribution is -0.129. The summed E-state index contributed by atoms with van der Waals surface area (Å²) in [6, 6.07) is 9.86. The summed E-state index contributed by atoms with van der Waals surface area (Å²) in [5, 5.41) is 6.63. The Morgan fingerprint density at radius 2 is 2.12 bits per heavy atom. The van der Waals surface area contributed by atoms with Crippen LogP contribution in [0.25, 0.3) is 0 Å². The molecule has 26 heavy (non-hydrogen) atoms. The second-order valence-corrected chi connectivity index (χ2v) is 7.76. The fourth-order valence-corrected chi connectivity index (χ4v) is 4.11. The van der Waals surface area contributed by atoms with Crippen LogP contribution in [0.15, 0.2) is 30.3 Å². The lowest BCUT2D eigenvalue weighted by atomic mass is 9.85. The predicted molar refractivity (Wildman–Crippen MR) is 103 cm³/mol. The highest BCUT2D eigenvalue weighted by Crippen LogP contribution is 2.24. The number of rotatable bonds is 7. The summed E-state index contributed by atoms with van der Waals surface area (Å²) in [4.78, 5) is 26.6. The Labute approximate surface area is 156 Å². The zero-order chi connectivity index (χ0) is 18.4. The Balaban J connectivity index is 1.60. The molecule has 2 heterocycles. The summed E-state index contributed by atoms with van der Waals surface area (Å²) in [5.41, 5.74) is 1.06. The second kappa shape index (κ2) is 9.17. The number of hydrogen-bond acceptors (Lipinski definition) is 3. The van der Waals surface area contributed by atoms with E-state index in [4.69, 9.17) is 0 Å². The van der Waals surface area contributed by atoms with Crippen LogP contribution in [0.3, 0.4) is 0 Å². The summed E-state index contributed by atoms with van der Waals surface area (Å²) in [6.07, 6.45) is 4.48. The standard InChI is InChI=1S/C21H31N3O2/c1-16(18-9-5-11-22-14-18)13-20(25)23-19(17-7-3-2-4-8-17)15-24-12-6-10-21(24)26/h2-4,7-8,16,18-19,22H,5-6,9-15H2,1H3,(H,23,25). The van der Waals surface area contributed by atoms with E-state index in [1.54, 1.807) is 0 Å². The molecule has 3 unspecified atom stereocenters. The third-order valence-corrected chi connectivity index (χ3v) is 5.76. The van der Waals surface area contributed by atoms with Gasteiger partial charge in [-0.05, 0) is 49.8 Å². The van der Waals surface area contributed by atoms with Gasteiger partial charge in [-0.1, -0.05) is 37.3 Å². The van der Waals surface area contributed by atoms with E-state index in [0.29, 0.717) is 31.2 Å². The van der Waals surface area contributed by atoms with Gasteiger partial charge in [0.25, 0.3) is 0 Å². The molecule has 5 heteroatoms. The van der Waals surface area contributed by atoms with Gasteiger partial charge in [0.2, 0.25) is 11.8 Å². The van der Waals surface area contributed by atoms with Gasteiger partial charge in [-0.2, -0.15) is 0 Å². The predicted octanol–water partition coefficient (Wildman–Crippen LogP) is 2.49. The largest absolute Gasteiger partial charge is 0.347 e. The summed E-state index contributed by atoms with van der Waals surface area (Å²) in [7, 11) is 0. The van der Waals surface area contributed by atoms with Crippen molar-refractivity contribution in [2.45, 2.75) is 45.1 Å². The molecule has 0 saturated carbocycles. The topological polar surface area (TPSA) is 61.4 Å². The molecule has 2 amide bonds. The number of carbonyl (C=O) groups is 2. The van der Waals surface area contributed by atoms with Gasteiger partial charge >= 0.3 is 0 Å². The molecule has 3 atom stereocenters. The average molecular weight is 357 g/mol. The third-order valence-electron chi connectivity index (χ3n) is 5.76. The lowest BCUT2D eigenvalue weighted by Crippen LogP contribution is -2.40. The van der Waals surface area contributed by atoms with Crippen LogP contribution in [0, 0.1) is 11.8 Å². The van der Waals surface area contributed by atoms with Crippen LogP contribution in [-0.2, 0) is 9.59 Å². The molecule has 142 valence electrons. The molecule has 0 radical (unpaired) electrons. The minimum atomic E-state index is -0.137. The Kier molecular flexibility index (Phi) is 6.67. The number of hydrogen-bond donors (Lipinski definition) is 2. The Morgan fingerprint density at radius 3 is 2.77 bits per heavy atom. The summed E-state index contributed by atoms with van der Waals surface area (Å²) in [6.45, 7) is 5.64. The van der Waals surface area contributed by atoms with Gasteiger partial charge in [0.05, 0.1) is 6.04 Å². The van der Waals surface area contributed by atoms with Crippen LogP contribution in [-0.4, -0.2) is 42.9 Å². The first-order valence-corrected chi connectivity index (χ1v) is 9.96. The molecular weight excluding hydrogens is 326 g/mol. The number of piperidine rings is 1. The monoisotopic (exact) mass is 357 g/mol. The number of nitrogens with zero attached hydrogens (tertiary/aromatic N) is 1. The minimum Gasteiger partial charge on any atom is -0.347 e. The van der Waals surface area contributed by atoms with Crippen molar-refractivity contribution in [2.24, 2.45) is 11.8 Å². The molecule has 5 nitrogen and oxygen atoms in total. The normalized spacial score (nSPS) is 22.9. The van der Waals surface area contributed by atoms with Crippen molar-refractivity contribution < 1.29 is 9.59 Å². The number of amides is 2. The van der Waals surface area contributed by atoms with E-state index in [2.05, 4.69) is 17.6 Å². The van der Waals surface area contributed by atoms with Gasteiger partial charge in [-0.15, -0.1) is 0 Å². The molecule has 0 bridgehead atoms. The maximum absolute atomic E-state index is 12.7. The Hall–Kier alpha value is -1.88. The van der Waals surface area contributed by atoms with Gasteiger partial charge in [-0.25, -0.2) is 0 Å². The van der Waals surface area contributed by atoms with Crippen molar-refractivity contribution in [3.05, 3.63) is 35.9 Å². The zero-order valence-corrected chi connectivity index (χ0v) is 15.7. The van der Waals surface area contributed by atoms with Crippen LogP contribution in [0.2, 0.25) is 0 Å². The Bertz CT molecular complexity index is 599. The fraction of sp³-hybridized carbons (Fsp3) is 0.619. The van der Waals surface area contributed by atoms with Crippen LogP contribution in [0.1, 0.15) is 50.6 Å². The van der Waals surface area contributed by atoms with Crippen molar-refractivity contribution in [1.29, 1.82) is 0 Å². The smallest absolute Gasteiger partial charge is 0.222 e. The maximum atomic E-state index is 12.7. The van der Waals surface area contributed by atoms with Crippen molar-refractivity contribution in [1.82, 2.24) is 15.5 Å². The zero-order valence-electron chi connectivity index (χ0n) is 15.7. The Morgan fingerprint density at radius 1 is 1.31 bits per heavy atom. The number of likely N-dealkylation sites (tertiary alicyclic amines) is 1. The molecule has 2 aliphatic rings. The molecular formula is C21H31N3O2. The number of carbonyl (C=O) groups excluding carboxylic acids is 2. The van der Waals surface area contributed by atoms with E-state index < -0.39 is 0 Å². The molecule has 3 rings (SSSR count). The SMILES string of the molecule is CC(CC(=O)NC(CN1CCCC1=O)c1ccccc1)C1CCCNC1. The van der Waals surface area contributed by atoms with Crippen molar-refractivity contribution >= 4 is 11.8 Å². The molecule has 2 fully saturated rings. The van der Waals surface area contributed by atoms with Crippen LogP contribution in [0.4, 0.5) is 0 Å². The molecule has 2 aliphatic heterocycles. The fourth-order valence-electron chi connectivity index (χ4n) is 4.11. The van der Waals surface area contributed by atoms with Gasteiger partial charge in [0.15, 0.2) is 0 Å². The first-order chi connectivity index (χ1) is 12.6. The molecule has 2 N–H and O–H groups in total. The highest BCUT2D eigenvalue weighted by Gasteiger charge is 2.27. The maximum Gasteiger partial charge on any atom is 0.222 e. The average Bonchev–Trinajstić information content (AvgIpc) is 3.07. The van der Waals surface area contributed by atoms with Gasteiger partial charge < -0.3 is 15.5 Å². The van der Waals surface area contributed by atoms with Gasteiger partial charge in [0.1, 0.15) is 0 Å². The molecule has 0 aliphatic carbocycles. The summed E-state index contributed by atoms with van der Waals surface area (Å²) in [5.74, 6) is 1.22.